The molecule has 1 atom stereocenters. The molecule has 0 aromatic heterocycles. The Bertz CT molecular complexity index is 590. The van der Waals surface area contributed by atoms with E-state index in [4.69, 9.17) is 0 Å². The van der Waals surface area contributed by atoms with Crippen LogP contribution in [0, 0.1) is 24.5 Å². The number of sulfonamides is 1. The third-order valence-corrected chi connectivity index (χ3v) is 4.90. The highest BCUT2D eigenvalue weighted by Gasteiger charge is 2.22. The summed E-state index contributed by atoms with van der Waals surface area (Å²) >= 11 is 0. The lowest BCUT2D eigenvalue weighted by atomic mass is 10.0. The van der Waals surface area contributed by atoms with Crippen LogP contribution in [-0.4, -0.2) is 28.1 Å². The maximum absolute atomic E-state index is 13.6. The fraction of sp³-hybridized carbons (Fsp3) is 0.538. The molecular weight excluding hydrogens is 322 g/mol. The number of halogens is 3. The molecule has 1 heterocycles. The summed E-state index contributed by atoms with van der Waals surface area (Å²) in [6, 6.07) is 1.62. The number of piperidine rings is 1. The standard InChI is InChI=1S/C13H18F2N2O2S.ClH/c1-9-5-13(12(15)6-11(9)14)20(18,19)17-8-10-3-2-4-16-7-10;/h5-6,10,16-17H,2-4,7-8H2,1H3;1H. The summed E-state index contributed by atoms with van der Waals surface area (Å²) in [6.07, 6.45) is 1.93. The molecule has 0 bridgehead atoms. The maximum Gasteiger partial charge on any atom is 0.243 e. The predicted molar refractivity (Wildman–Crippen MR) is 79.1 cm³/mol. The molecule has 0 saturated carbocycles. The Morgan fingerprint density at radius 1 is 1.33 bits per heavy atom. The number of nitrogens with one attached hydrogen (secondary N) is 2. The number of hydrogen-bond acceptors (Lipinski definition) is 3. The molecule has 1 aromatic rings. The van der Waals surface area contributed by atoms with E-state index in [1.54, 1.807) is 0 Å². The van der Waals surface area contributed by atoms with Gasteiger partial charge in [-0.1, -0.05) is 0 Å². The average Bonchev–Trinajstić information content (AvgIpc) is 2.42. The molecule has 21 heavy (non-hydrogen) atoms. The Morgan fingerprint density at radius 2 is 2.05 bits per heavy atom. The number of rotatable bonds is 4. The molecule has 120 valence electrons. The molecule has 2 rings (SSSR count). The highest BCUT2D eigenvalue weighted by Crippen LogP contribution is 2.19. The zero-order chi connectivity index (χ0) is 14.8. The van der Waals surface area contributed by atoms with E-state index in [0.29, 0.717) is 6.07 Å². The van der Waals surface area contributed by atoms with Gasteiger partial charge in [-0.2, -0.15) is 0 Å². The molecule has 1 aromatic carbocycles. The quantitative estimate of drug-likeness (QED) is 0.881. The molecule has 1 aliphatic heterocycles. The normalized spacial score (nSPS) is 19.1. The summed E-state index contributed by atoms with van der Waals surface area (Å²) in [7, 11) is -3.95. The zero-order valence-electron chi connectivity index (χ0n) is 11.7. The minimum absolute atomic E-state index is 0. The molecule has 0 spiro atoms. The van der Waals surface area contributed by atoms with Crippen molar-refractivity contribution in [1.82, 2.24) is 10.0 Å². The van der Waals surface area contributed by atoms with Crippen molar-refractivity contribution >= 4 is 22.4 Å². The summed E-state index contributed by atoms with van der Waals surface area (Å²) in [4.78, 5) is -0.500. The van der Waals surface area contributed by atoms with Gasteiger partial charge in [-0.05, 0) is 50.4 Å². The molecule has 1 saturated heterocycles. The summed E-state index contributed by atoms with van der Waals surface area (Å²) in [5.41, 5.74) is 0.103. The van der Waals surface area contributed by atoms with Gasteiger partial charge in [-0.25, -0.2) is 21.9 Å². The van der Waals surface area contributed by atoms with Gasteiger partial charge in [0.1, 0.15) is 16.5 Å². The average molecular weight is 341 g/mol. The van der Waals surface area contributed by atoms with Gasteiger partial charge >= 0.3 is 0 Å². The smallest absolute Gasteiger partial charge is 0.243 e. The van der Waals surface area contributed by atoms with Crippen LogP contribution in [0.5, 0.6) is 0 Å². The minimum Gasteiger partial charge on any atom is -0.316 e. The Hall–Kier alpha value is -0.760. The summed E-state index contributed by atoms with van der Waals surface area (Å²) in [5, 5.41) is 3.18. The van der Waals surface area contributed by atoms with E-state index >= 15 is 0 Å². The zero-order valence-corrected chi connectivity index (χ0v) is 13.3. The Labute approximate surface area is 129 Å². The number of benzene rings is 1. The largest absolute Gasteiger partial charge is 0.316 e. The van der Waals surface area contributed by atoms with Crippen LogP contribution in [0.4, 0.5) is 8.78 Å². The van der Waals surface area contributed by atoms with Gasteiger partial charge in [0.2, 0.25) is 10.0 Å². The molecule has 0 amide bonds. The van der Waals surface area contributed by atoms with Crippen molar-refractivity contribution in [2.24, 2.45) is 5.92 Å². The van der Waals surface area contributed by atoms with Crippen molar-refractivity contribution in [1.29, 1.82) is 0 Å². The first-order valence-electron chi connectivity index (χ1n) is 6.56. The summed E-state index contributed by atoms with van der Waals surface area (Å²) in [5.74, 6) is -1.62. The van der Waals surface area contributed by atoms with Gasteiger partial charge in [0, 0.05) is 12.6 Å². The third-order valence-electron chi connectivity index (χ3n) is 3.46. The Balaban J connectivity index is 0.00000220. The van der Waals surface area contributed by atoms with Crippen molar-refractivity contribution in [3.05, 3.63) is 29.3 Å². The van der Waals surface area contributed by atoms with Crippen molar-refractivity contribution in [3.63, 3.8) is 0 Å². The van der Waals surface area contributed by atoms with Gasteiger partial charge in [-0.3, -0.25) is 0 Å². The van der Waals surface area contributed by atoms with Gasteiger partial charge < -0.3 is 5.32 Å². The Morgan fingerprint density at radius 3 is 2.67 bits per heavy atom. The highest BCUT2D eigenvalue weighted by molar-refractivity contribution is 7.89. The van der Waals surface area contributed by atoms with Crippen LogP contribution in [0.2, 0.25) is 0 Å². The molecule has 8 heteroatoms. The van der Waals surface area contributed by atoms with Crippen LogP contribution in [0.3, 0.4) is 0 Å². The van der Waals surface area contributed by atoms with Gasteiger partial charge in [0.25, 0.3) is 0 Å². The van der Waals surface area contributed by atoms with Crippen molar-refractivity contribution in [3.8, 4) is 0 Å². The van der Waals surface area contributed by atoms with Crippen LogP contribution in [0.25, 0.3) is 0 Å². The van der Waals surface area contributed by atoms with E-state index in [0.717, 1.165) is 32.0 Å². The Kier molecular flexibility index (Phi) is 6.52. The van der Waals surface area contributed by atoms with Gasteiger partial charge in [-0.15, -0.1) is 12.4 Å². The summed E-state index contributed by atoms with van der Waals surface area (Å²) in [6.45, 7) is 3.34. The first-order valence-corrected chi connectivity index (χ1v) is 8.04. The van der Waals surface area contributed by atoms with Crippen LogP contribution in [-0.2, 0) is 10.0 Å². The van der Waals surface area contributed by atoms with E-state index in [9.17, 15) is 17.2 Å². The number of hydrogen-bond donors (Lipinski definition) is 2. The molecule has 0 radical (unpaired) electrons. The van der Waals surface area contributed by atoms with E-state index in [1.807, 2.05) is 0 Å². The predicted octanol–water partition coefficient (Wildman–Crippen LogP) is 1.97. The third kappa shape index (κ3) is 4.60. The second-order valence-corrected chi connectivity index (χ2v) is 6.83. The molecule has 1 fully saturated rings. The fourth-order valence-electron chi connectivity index (χ4n) is 2.24. The SMILES string of the molecule is Cc1cc(S(=O)(=O)NCC2CCCNC2)c(F)cc1F.Cl. The van der Waals surface area contributed by atoms with Crippen molar-refractivity contribution in [2.45, 2.75) is 24.7 Å². The lowest BCUT2D eigenvalue weighted by molar-refractivity contribution is 0.375. The number of aryl methyl sites for hydroxylation is 1. The minimum atomic E-state index is -3.95. The van der Waals surface area contributed by atoms with Crippen LogP contribution in [0.15, 0.2) is 17.0 Å². The first kappa shape index (κ1) is 18.3. The molecule has 0 aliphatic carbocycles. The van der Waals surface area contributed by atoms with Gasteiger partial charge in [0.05, 0.1) is 0 Å². The fourth-order valence-corrected chi connectivity index (χ4v) is 3.50. The summed E-state index contributed by atoms with van der Waals surface area (Å²) < 4.78 is 53.3. The highest BCUT2D eigenvalue weighted by atomic mass is 35.5. The van der Waals surface area contributed by atoms with Gasteiger partial charge in [0.15, 0.2) is 0 Å². The molecular formula is C13H19ClF2N2O2S. The second kappa shape index (κ2) is 7.49. The van der Waals surface area contributed by atoms with E-state index < -0.39 is 26.6 Å². The lowest BCUT2D eigenvalue weighted by Gasteiger charge is -2.22. The van der Waals surface area contributed by atoms with E-state index in [2.05, 4.69) is 10.0 Å². The topological polar surface area (TPSA) is 58.2 Å². The molecule has 1 aliphatic rings. The first-order chi connectivity index (χ1) is 9.40. The van der Waals surface area contributed by atoms with E-state index in [-0.39, 0.29) is 30.4 Å². The molecule has 2 N–H and O–H groups in total. The van der Waals surface area contributed by atoms with Crippen LogP contribution in [0.1, 0.15) is 18.4 Å². The lowest BCUT2D eigenvalue weighted by Crippen LogP contribution is -2.38. The molecule has 1 unspecified atom stereocenters. The monoisotopic (exact) mass is 340 g/mol. The second-order valence-electron chi connectivity index (χ2n) is 5.10. The van der Waals surface area contributed by atoms with Crippen molar-refractivity contribution < 1.29 is 17.2 Å². The molecule has 4 nitrogen and oxygen atoms in total. The van der Waals surface area contributed by atoms with Crippen LogP contribution < -0.4 is 10.0 Å². The van der Waals surface area contributed by atoms with Crippen molar-refractivity contribution in [2.75, 3.05) is 19.6 Å². The van der Waals surface area contributed by atoms with Crippen LogP contribution >= 0.6 is 12.4 Å². The maximum atomic E-state index is 13.6. The van der Waals surface area contributed by atoms with E-state index in [1.165, 1.54) is 6.92 Å².